The van der Waals surface area contributed by atoms with Gasteiger partial charge in [0, 0.05) is 18.2 Å². The van der Waals surface area contributed by atoms with Crippen LogP contribution in [0.15, 0.2) is 54.7 Å². The van der Waals surface area contributed by atoms with Gasteiger partial charge >= 0.3 is 0 Å². The molecule has 3 heteroatoms. The van der Waals surface area contributed by atoms with Gasteiger partial charge < -0.3 is 0 Å². The van der Waals surface area contributed by atoms with Crippen molar-refractivity contribution in [3.63, 3.8) is 0 Å². The van der Waals surface area contributed by atoms with E-state index < -0.39 is 0 Å². The van der Waals surface area contributed by atoms with E-state index in [9.17, 15) is 9.18 Å². The lowest BCUT2D eigenvalue weighted by Gasteiger charge is -2.00. The van der Waals surface area contributed by atoms with Crippen molar-refractivity contribution in [3.8, 4) is 0 Å². The number of ketones is 1. The maximum absolute atomic E-state index is 13.0. The molecule has 0 aliphatic rings. The van der Waals surface area contributed by atoms with Crippen molar-refractivity contribution in [1.29, 1.82) is 0 Å². The number of carbonyl (C=O) groups excluding carboxylic acids is 1. The van der Waals surface area contributed by atoms with Crippen molar-refractivity contribution < 1.29 is 9.18 Å². The van der Waals surface area contributed by atoms with E-state index in [1.807, 2.05) is 24.3 Å². The molecule has 0 bridgehead atoms. The van der Waals surface area contributed by atoms with Crippen LogP contribution in [0, 0.1) is 5.82 Å². The largest absolute Gasteiger partial charge is 0.294 e. The van der Waals surface area contributed by atoms with Gasteiger partial charge in [0.25, 0.3) is 0 Å². The fraction of sp³-hybridized carbons (Fsp3) is 0.222. The van der Waals surface area contributed by atoms with Crippen LogP contribution >= 0.6 is 0 Å². The standard InChI is InChI=1S/C18H18FNO/c19-16-9-7-8-15(14-16)18(21)12-4-2-1-3-10-17-11-5-6-13-20-17/h3,5-11,13-14H,1-2,4,12H2/b10-3-. The summed E-state index contributed by atoms with van der Waals surface area (Å²) in [7, 11) is 0. The zero-order valence-electron chi connectivity index (χ0n) is 11.8. The molecule has 0 aliphatic heterocycles. The third-order valence-corrected chi connectivity index (χ3v) is 3.15. The second-order valence-electron chi connectivity index (χ2n) is 4.84. The molecule has 0 unspecified atom stereocenters. The number of hydrogen-bond acceptors (Lipinski definition) is 2. The molecule has 1 aromatic carbocycles. The number of nitrogens with zero attached hydrogens (tertiary/aromatic N) is 1. The summed E-state index contributed by atoms with van der Waals surface area (Å²) in [4.78, 5) is 16.1. The predicted octanol–water partition coefficient (Wildman–Crippen LogP) is 4.68. The van der Waals surface area contributed by atoms with Crippen molar-refractivity contribution in [2.24, 2.45) is 0 Å². The summed E-state index contributed by atoms with van der Waals surface area (Å²) >= 11 is 0. The van der Waals surface area contributed by atoms with Gasteiger partial charge in [0.15, 0.2) is 5.78 Å². The van der Waals surface area contributed by atoms with Crippen molar-refractivity contribution in [3.05, 3.63) is 71.8 Å². The highest BCUT2D eigenvalue weighted by Gasteiger charge is 2.05. The number of benzene rings is 1. The van der Waals surface area contributed by atoms with Crippen molar-refractivity contribution in [2.75, 3.05) is 0 Å². The minimum Gasteiger partial charge on any atom is -0.294 e. The van der Waals surface area contributed by atoms with E-state index in [1.165, 1.54) is 12.1 Å². The lowest BCUT2D eigenvalue weighted by atomic mass is 10.0. The summed E-state index contributed by atoms with van der Waals surface area (Å²) in [6, 6.07) is 11.6. The Balaban J connectivity index is 1.68. The molecule has 0 amide bonds. The smallest absolute Gasteiger partial charge is 0.162 e. The molecule has 0 saturated carbocycles. The van der Waals surface area contributed by atoms with E-state index in [0.717, 1.165) is 25.0 Å². The van der Waals surface area contributed by atoms with Crippen molar-refractivity contribution in [1.82, 2.24) is 4.98 Å². The Kier molecular flexibility index (Phi) is 5.83. The summed E-state index contributed by atoms with van der Waals surface area (Å²) in [5.74, 6) is -0.359. The Hall–Kier alpha value is -2.29. The molecule has 21 heavy (non-hydrogen) atoms. The molecule has 0 radical (unpaired) electrons. The zero-order valence-corrected chi connectivity index (χ0v) is 11.8. The maximum atomic E-state index is 13.0. The van der Waals surface area contributed by atoms with E-state index in [1.54, 1.807) is 18.3 Å². The first-order chi connectivity index (χ1) is 10.3. The van der Waals surface area contributed by atoms with E-state index in [-0.39, 0.29) is 11.6 Å². The van der Waals surface area contributed by atoms with Crippen LogP contribution in [0.3, 0.4) is 0 Å². The summed E-state index contributed by atoms with van der Waals surface area (Å²) in [5, 5.41) is 0. The fourth-order valence-electron chi connectivity index (χ4n) is 2.03. The molecule has 108 valence electrons. The molecule has 0 saturated heterocycles. The highest BCUT2D eigenvalue weighted by molar-refractivity contribution is 5.95. The minimum atomic E-state index is -0.362. The van der Waals surface area contributed by atoms with Crippen LogP contribution < -0.4 is 0 Å². The number of unbranched alkanes of at least 4 members (excludes halogenated alkanes) is 2. The molecule has 0 aliphatic carbocycles. The topological polar surface area (TPSA) is 30.0 Å². The van der Waals surface area contributed by atoms with Crippen LogP contribution in [0.25, 0.3) is 6.08 Å². The summed E-state index contributed by atoms with van der Waals surface area (Å²) < 4.78 is 13.0. The van der Waals surface area contributed by atoms with Crippen LogP contribution in [0.5, 0.6) is 0 Å². The number of Topliss-reactive ketones (excluding diaryl/α,β-unsaturated/α-hetero) is 1. The monoisotopic (exact) mass is 283 g/mol. The quantitative estimate of drug-likeness (QED) is 0.545. The van der Waals surface area contributed by atoms with Crippen LogP contribution in [0.1, 0.15) is 41.7 Å². The van der Waals surface area contributed by atoms with Gasteiger partial charge in [-0.15, -0.1) is 0 Å². The Morgan fingerprint density at radius 1 is 1.14 bits per heavy atom. The average molecular weight is 283 g/mol. The molecule has 0 fully saturated rings. The Morgan fingerprint density at radius 3 is 2.81 bits per heavy atom. The Morgan fingerprint density at radius 2 is 2.05 bits per heavy atom. The fourth-order valence-corrected chi connectivity index (χ4v) is 2.03. The Bertz CT molecular complexity index is 608. The average Bonchev–Trinajstić information content (AvgIpc) is 2.51. The lowest BCUT2D eigenvalue weighted by molar-refractivity contribution is 0.0979. The molecule has 0 spiro atoms. The highest BCUT2D eigenvalue weighted by Crippen LogP contribution is 2.10. The minimum absolute atomic E-state index is 0.00297. The van der Waals surface area contributed by atoms with Crippen LogP contribution in [-0.2, 0) is 0 Å². The number of pyridine rings is 1. The molecule has 2 rings (SSSR count). The normalized spacial score (nSPS) is 10.9. The maximum Gasteiger partial charge on any atom is 0.162 e. The molecule has 1 aromatic heterocycles. The summed E-state index contributed by atoms with van der Waals surface area (Å²) in [6.07, 6.45) is 8.92. The number of rotatable bonds is 7. The molecular weight excluding hydrogens is 265 g/mol. The Labute approximate surface area is 124 Å². The van der Waals surface area contributed by atoms with E-state index in [4.69, 9.17) is 0 Å². The van der Waals surface area contributed by atoms with Gasteiger partial charge in [-0.3, -0.25) is 9.78 Å². The number of carbonyl (C=O) groups is 1. The van der Waals surface area contributed by atoms with Gasteiger partial charge in [-0.25, -0.2) is 4.39 Å². The highest BCUT2D eigenvalue weighted by atomic mass is 19.1. The molecular formula is C18H18FNO. The number of hydrogen-bond donors (Lipinski definition) is 0. The summed E-state index contributed by atoms with van der Waals surface area (Å²) in [5.41, 5.74) is 1.40. The lowest BCUT2D eigenvalue weighted by Crippen LogP contribution is -1.99. The number of aromatic nitrogens is 1. The van der Waals surface area contributed by atoms with E-state index in [2.05, 4.69) is 11.1 Å². The molecule has 2 nitrogen and oxygen atoms in total. The van der Waals surface area contributed by atoms with Crippen LogP contribution in [0.4, 0.5) is 4.39 Å². The predicted molar refractivity (Wildman–Crippen MR) is 82.5 cm³/mol. The number of halogens is 1. The van der Waals surface area contributed by atoms with Gasteiger partial charge in [0.2, 0.25) is 0 Å². The van der Waals surface area contributed by atoms with Crippen molar-refractivity contribution >= 4 is 11.9 Å². The SMILES string of the molecule is O=C(CCCC/C=C\c1ccccn1)c1cccc(F)c1. The van der Waals surface area contributed by atoms with Gasteiger partial charge in [-0.2, -0.15) is 0 Å². The molecule has 2 aromatic rings. The first-order valence-corrected chi connectivity index (χ1v) is 7.12. The molecule has 0 N–H and O–H groups in total. The van der Waals surface area contributed by atoms with E-state index >= 15 is 0 Å². The van der Waals surface area contributed by atoms with Gasteiger partial charge in [0.05, 0.1) is 5.69 Å². The van der Waals surface area contributed by atoms with Gasteiger partial charge in [-0.1, -0.05) is 24.3 Å². The molecule has 1 heterocycles. The first kappa shape index (κ1) is 15.1. The number of allylic oxidation sites excluding steroid dienone is 1. The second-order valence-corrected chi connectivity index (χ2v) is 4.84. The van der Waals surface area contributed by atoms with E-state index in [0.29, 0.717) is 12.0 Å². The third-order valence-electron chi connectivity index (χ3n) is 3.15. The van der Waals surface area contributed by atoms with Gasteiger partial charge in [-0.05, 0) is 49.6 Å². The van der Waals surface area contributed by atoms with Crippen LogP contribution in [-0.4, -0.2) is 10.8 Å². The summed E-state index contributed by atoms with van der Waals surface area (Å²) in [6.45, 7) is 0. The van der Waals surface area contributed by atoms with Crippen molar-refractivity contribution in [2.45, 2.75) is 25.7 Å². The zero-order chi connectivity index (χ0) is 14.9. The molecule has 0 atom stereocenters. The van der Waals surface area contributed by atoms with Crippen LogP contribution in [0.2, 0.25) is 0 Å². The second kappa shape index (κ2) is 8.10. The van der Waals surface area contributed by atoms with Gasteiger partial charge in [0.1, 0.15) is 5.82 Å². The third kappa shape index (κ3) is 5.30. The first-order valence-electron chi connectivity index (χ1n) is 7.12.